The Morgan fingerprint density at radius 1 is 0.651 bits per heavy atom. The van der Waals surface area contributed by atoms with E-state index in [0.717, 1.165) is 90.9 Å². The highest BCUT2D eigenvalue weighted by atomic mass is 16.5. The van der Waals surface area contributed by atoms with Crippen LogP contribution in [0.4, 0.5) is 9.59 Å². The summed E-state index contributed by atoms with van der Waals surface area (Å²) in [7, 11) is 2.60. The molecule has 4 unspecified atom stereocenters. The summed E-state index contributed by atoms with van der Waals surface area (Å²) in [4.78, 5) is 72.1. The maximum atomic E-state index is 13.8. The Labute approximate surface area is 368 Å². The molecule has 4 N–H and O–H groups in total. The van der Waals surface area contributed by atoms with E-state index in [-0.39, 0.29) is 35.7 Å². The molecule has 4 atom stereocenters. The molecule has 0 saturated carbocycles. The number of hydrogen-bond donors (Lipinski definition) is 4. The molecule has 0 radical (unpaired) electrons. The number of H-pyrrole nitrogens is 2. The molecule has 8 rings (SSSR count). The van der Waals surface area contributed by atoms with Gasteiger partial charge in [0.05, 0.1) is 49.2 Å². The summed E-state index contributed by atoms with van der Waals surface area (Å²) in [5.41, 5.74) is 11.3. The molecule has 5 aromatic rings. The first kappa shape index (κ1) is 43.5. The number of carbonyl (C=O) groups excluding carboxylic acids is 4. The van der Waals surface area contributed by atoms with E-state index in [1.165, 1.54) is 48.5 Å². The van der Waals surface area contributed by atoms with Crippen LogP contribution in [0.3, 0.4) is 0 Å². The van der Waals surface area contributed by atoms with Crippen molar-refractivity contribution in [2.75, 3.05) is 27.3 Å². The molecule has 14 heteroatoms. The van der Waals surface area contributed by atoms with Gasteiger partial charge in [0.2, 0.25) is 11.8 Å². The van der Waals surface area contributed by atoms with Crippen LogP contribution in [0.15, 0.2) is 60.8 Å². The highest BCUT2D eigenvalue weighted by molar-refractivity contribution is 5.88. The fourth-order valence-electron chi connectivity index (χ4n) is 9.81. The second-order valence-corrected chi connectivity index (χ2v) is 17.9. The third-order valence-electron chi connectivity index (χ3n) is 13.2. The van der Waals surface area contributed by atoms with Crippen LogP contribution in [0.2, 0.25) is 0 Å². The molecule has 2 fully saturated rings. The number of aromatic nitrogens is 4. The summed E-state index contributed by atoms with van der Waals surface area (Å²) in [5, 5.41) is 5.46. The van der Waals surface area contributed by atoms with Gasteiger partial charge in [-0.05, 0) is 114 Å². The Hall–Kier alpha value is -6.18. The Bertz CT molecular complexity index is 2470. The molecule has 0 bridgehead atoms. The van der Waals surface area contributed by atoms with E-state index >= 15 is 0 Å². The van der Waals surface area contributed by atoms with Gasteiger partial charge in [-0.3, -0.25) is 9.59 Å². The topological polar surface area (TPSA) is 175 Å². The van der Waals surface area contributed by atoms with Crippen LogP contribution in [0.5, 0.6) is 0 Å². The van der Waals surface area contributed by atoms with Gasteiger partial charge in [0, 0.05) is 13.1 Å². The molecule has 63 heavy (non-hydrogen) atoms. The van der Waals surface area contributed by atoms with E-state index in [1.807, 2.05) is 43.7 Å². The first-order chi connectivity index (χ1) is 30.4. The van der Waals surface area contributed by atoms with Gasteiger partial charge in [0.15, 0.2) is 0 Å². The quantitative estimate of drug-likeness (QED) is 0.0956. The molecular weight excluding hydrogens is 797 g/mol. The predicted molar refractivity (Wildman–Crippen MR) is 242 cm³/mol. The first-order valence-corrected chi connectivity index (χ1v) is 22.6. The van der Waals surface area contributed by atoms with Crippen LogP contribution < -0.4 is 10.6 Å². The number of imidazole rings is 2. The van der Waals surface area contributed by atoms with Crippen LogP contribution in [0, 0.1) is 11.8 Å². The van der Waals surface area contributed by atoms with Gasteiger partial charge < -0.3 is 39.9 Å². The molecule has 4 heterocycles. The molecule has 14 nitrogen and oxygen atoms in total. The zero-order valence-corrected chi connectivity index (χ0v) is 37.3. The van der Waals surface area contributed by atoms with E-state index in [4.69, 9.17) is 19.4 Å². The molecule has 2 aromatic heterocycles. The number of nitrogens with one attached hydrogen (secondary N) is 4. The van der Waals surface area contributed by atoms with Crippen molar-refractivity contribution < 1.29 is 28.7 Å². The minimum absolute atomic E-state index is 0.104. The molecule has 0 spiro atoms. The lowest BCUT2D eigenvalue weighted by Crippen LogP contribution is -2.51. The Balaban J connectivity index is 1.02. The van der Waals surface area contributed by atoms with E-state index < -0.39 is 24.3 Å². The van der Waals surface area contributed by atoms with Crippen molar-refractivity contribution in [2.24, 2.45) is 11.8 Å². The van der Waals surface area contributed by atoms with Crippen LogP contribution in [-0.4, -0.2) is 93.1 Å². The SMILES string of the molecule is COC(=O)NC(C(=O)N1CCCC1c1ncc(-c2ccc(-c3ccc(-c4ccc5nc(C6CCCN6C(=O)C(NC(=O)OC)C(C)C)[nH]c5c4)c4c3CCCCC4)cc2)[nH]1)C(C)C. The summed E-state index contributed by atoms with van der Waals surface area (Å²) in [5.74, 6) is 1.04. The van der Waals surface area contributed by atoms with Gasteiger partial charge in [0.1, 0.15) is 23.7 Å². The summed E-state index contributed by atoms with van der Waals surface area (Å²) in [6.07, 6.45) is 9.38. The molecular formula is C49H60N8O6. The highest BCUT2D eigenvalue weighted by Gasteiger charge is 2.39. The molecule has 3 aliphatic rings. The summed E-state index contributed by atoms with van der Waals surface area (Å²) in [6, 6.07) is 17.8. The van der Waals surface area contributed by atoms with Crippen LogP contribution in [-0.2, 0) is 31.9 Å². The van der Waals surface area contributed by atoms with E-state index in [0.29, 0.717) is 13.1 Å². The lowest BCUT2D eigenvalue weighted by Gasteiger charge is -2.30. The second-order valence-electron chi connectivity index (χ2n) is 17.9. The minimum atomic E-state index is -0.689. The average Bonchev–Trinajstić information content (AvgIpc) is 4.12. The third-order valence-corrected chi connectivity index (χ3v) is 13.2. The number of ether oxygens (including phenoxy) is 2. The van der Waals surface area contributed by atoms with Crippen molar-refractivity contribution >= 4 is 35.0 Å². The van der Waals surface area contributed by atoms with E-state index in [2.05, 4.69) is 75.2 Å². The number of benzene rings is 3. The number of alkyl carbamates (subject to hydrolysis) is 2. The molecule has 1 aliphatic carbocycles. The van der Waals surface area contributed by atoms with E-state index in [9.17, 15) is 19.2 Å². The van der Waals surface area contributed by atoms with Crippen molar-refractivity contribution in [3.05, 3.63) is 83.6 Å². The minimum Gasteiger partial charge on any atom is -0.453 e. The normalized spacial score (nSPS) is 18.6. The zero-order valence-electron chi connectivity index (χ0n) is 37.3. The predicted octanol–water partition coefficient (Wildman–Crippen LogP) is 8.64. The molecule has 3 aromatic carbocycles. The molecule has 2 aliphatic heterocycles. The summed E-state index contributed by atoms with van der Waals surface area (Å²) < 4.78 is 9.60. The smallest absolute Gasteiger partial charge is 0.407 e. The maximum Gasteiger partial charge on any atom is 0.407 e. The monoisotopic (exact) mass is 856 g/mol. The lowest BCUT2D eigenvalue weighted by molar-refractivity contribution is -0.136. The number of rotatable bonds is 11. The van der Waals surface area contributed by atoms with Crippen LogP contribution in [0.1, 0.15) is 108 Å². The molecule has 332 valence electrons. The Kier molecular flexibility index (Phi) is 12.9. The summed E-state index contributed by atoms with van der Waals surface area (Å²) >= 11 is 0. The molecule has 2 saturated heterocycles. The highest BCUT2D eigenvalue weighted by Crippen LogP contribution is 2.40. The maximum absolute atomic E-state index is 13.8. The zero-order chi connectivity index (χ0) is 44.4. The number of hydrogen-bond acceptors (Lipinski definition) is 8. The number of methoxy groups -OCH3 is 2. The van der Waals surface area contributed by atoms with Crippen molar-refractivity contribution in [3.63, 3.8) is 0 Å². The lowest BCUT2D eigenvalue weighted by atomic mass is 9.86. The van der Waals surface area contributed by atoms with Crippen LogP contribution in [0.25, 0.3) is 44.5 Å². The first-order valence-electron chi connectivity index (χ1n) is 22.6. The van der Waals surface area contributed by atoms with Gasteiger partial charge in [-0.25, -0.2) is 19.6 Å². The van der Waals surface area contributed by atoms with Crippen molar-refractivity contribution in [1.29, 1.82) is 0 Å². The van der Waals surface area contributed by atoms with Crippen molar-refractivity contribution in [3.8, 4) is 33.5 Å². The van der Waals surface area contributed by atoms with Gasteiger partial charge >= 0.3 is 12.2 Å². The summed E-state index contributed by atoms with van der Waals surface area (Å²) in [6.45, 7) is 8.87. The third kappa shape index (κ3) is 8.90. The Morgan fingerprint density at radius 3 is 1.73 bits per heavy atom. The van der Waals surface area contributed by atoms with E-state index in [1.54, 1.807) is 0 Å². The standard InChI is InChI=1S/C49H60N8O6/c1-28(2)42(54-48(60)62-5)46(58)56-24-10-14-40(56)44-50-27-39(53-44)31-18-16-30(17-19-31)33-21-22-34(36-13-9-7-8-12-35(33)36)32-20-23-37-38(26-32)52-45(51-37)41-15-11-25-57(41)47(59)43(29(3)4)55-49(61)63-6/h16-23,26-29,40-43H,7-15,24-25H2,1-6H3,(H,50,53)(H,51,52)(H,54,60)(H,55,61). The number of aromatic amines is 2. The Morgan fingerprint density at radius 2 is 1.17 bits per heavy atom. The largest absolute Gasteiger partial charge is 0.453 e. The van der Waals surface area contributed by atoms with Crippen molar-refractivity contribution in [2.45, 2.75) is 110 Å². The fraction of sp³-hybridized carbons (Fsp3) is 0.469. The van der Waals surface area contributed by atoms with Gasteiger partial charge in [-0.15, -0.1) is 0 Å². The van der Waals surface area contributed by atoms with Crippen molar-refractivity contribution in [1.82, 2.24) is 40.4 Å². The molecule has 4 amide bonds. The number of fused-ring (bicyclic) bond motifs is 2. The van der Waals surface area contributed by atoms with Gasteiger partial charge in [0.25, 0.3) is 0 Å². The number of carbonyl (C=O) groups is 4. The number of likely N-dealkylation sites (tertiary alicyclic amines) is 2. The number of nitrogens with zero attached hydrogens (tertiary/aromatic N) is 4. The average molecular weight is 857 g/mol. The van der Waals surface area contributed by atoms with Gasteiger partial charge in [-0.1, -0.05) is 76.6 Å². The number of amides is 4. The van der Waals surface area contributed by atoms with Crippen LogP contribution >= 0.6 is 0 Å². The van der Waals surface area contributed by atoms with Gasteiger partial charge in [-0.2, -0.15) is 0 Å². The second kappa shape index (κ2) is 18.7. The fourth-order valence-corrected chi connectivity index (χ4v) is 9.81.